The van der Waals surface area contributed by atoms with E-state index in [9.17, 15) is 13.2 Å². The van der Waals surface area contributed by atoms with E-state index in [4.69, 9.17) is 9.47 Å². The maximum atomic E-state index is 15.0. The molecule has 0 aliphatic carbocycles. The number of ether oxygens (including phenoxy) is 2. The zero-order valence-electron chi connectivity index (χ0n) is 20.4. The van der Waals surface area contributed by atoms with Crippen molar-refractivity contribution in [3.63, 3.8) is 0 Å². The van der Waals surface area contributed by atoms with Gasteiger partial charge in [-0.25, -0.2) is 22.4 Å². The second-order valence-electron chi connectivity index (χ2n) is 9.73. The minimum absolute atomic E-state index is 0.266. The highest BCUT2D eigenvalue weighted by atomic mass is 19.3. The van der Waals surface area contributed by atoms with Gasteiger partial charge in [0.1, 0.15) is 23.7 Å². The van der Waals surface area contributed by atoms with Crippen LogP contribution in [0, 0.1) is 0 Å². The van der Waals surface area contributed by atoms with Crippen molar-refractivity contribution in [2.75, 3.05) is 38.7 Å². The average molecular weight is 517 g/mol. The fourth-order valence-corrected chi connectivity index (χ4v) is 4.96. The van der Waals surface area contributed by atoms with E-state index >= 15 is 0 Å². The number of benzene rings is 1. The summed E-state index contributed by atoms with van der Waals surface area (Å²) in [5.41, 5.74) is 3.11. The van der Waals surface area contributed by atoms with Crippen molar-refractivity contribution in [3.8, 4) is 17.0 Å². The summed E-state index contributed by atoms with van der Waals surface area (Å²) in [6.45, 7) is 2.71. The molecule has 10 nitrogen and oxygen atoms in total. The Morgan fingerprint density at radius 3 is 2.78 bits per heavy atom. The predicted molar refractivity (Wildman–Crippen MR) is 130 cm³/mol. The first-order valence-electron chi connectivity index (χ1n) is 12.2. The number of hydrogen-bond acceptors (Lipinski definition) is 8. The van der Waals surface area contributed by atoms with Crippen LogP contribution in [0.1, 0.15) is 13.3 Å². The SMILES string of the molecule is COc1nc(N[C@@H]2CCN(C3COC3)C[C@@H]2F)nn2ccc(-c3ccc4nnn(CC(C)(F)F)c4c3)c12. The molecule has 4 aromatic rings. The highest BCUT2D eigenvalue weighted by molar-refractivity contribution is 5.89. The highest BCUT2D eigenvalue weighted by Crippen LogP contribution is 2.33. The lowest BCUT2D eigenvalue weighted by atomic mass is 10.0. The van der Waals surface area contributed by atoms with Gasteiger partial charge in [-0.15, -0.1) is 10.2 Å². The van der Waals surface area contributed by atoms with Gasteiger partial charge in [0, 0.05) is 31.8 Å². The molecule has 2 fully saturated rings. The molecule has 2 aliphatic heterocycles. The zero-order valence-corrected chi connectivity index (χ0v) is 20.4. The maximum absolute atomic E-state index is 15.0. The van der Waals surface area contributed by atoms with Gasteiger partial charge in [0.25, 0.3) is 5.92 Å². The first-order chi connectivity index (χ1) is 17.8. The quantitative estimate of drug-likeness (QED) is 0.401. The van der Waals surface area contributed by atoms with E-state index in [0.717, 1.165) is 24.6 Å². The lowest BCUT2D eigenvalue weighted by Crippen LogP contribution is -2.57. The summed E-state index contributed by atoms with van der Waals surface area (Å²) < 4.78 is 55.9. The molecule has 0 spiro atoms. The van der Waals surface area contributed by atoms with E-state index in [1.54, 1.807) is 22.8 Å². The second kappa shape index (κ2) is 9.14. The number of nitrogens with zero attached hydrogens (tertiary/aromatic N) is 7. The van der Waals surface area contributed by atoms with Crippen molar-refractivity contribution < 1.29 is 22.6 Å². The molecule has 3 aromatic heterocycles. The molecule has 1 N–H and O–H groups in total. The van der Waals surface area contributed by atoms with Gasteiger partial charge in [0.2, 0.25) is 11.8 Å². The number of methoxy groups -OCH3 is 1. The van der Waals surface area contributed by atoms with E-state index in [0.29, 0.717) is 54.7 Å². The van der Waals surface area contributed by atoms with Crippen LogP contribution in [-0.2, 0) is 11.3 Å². The first-order valence-corrected chi connectivity index (χ1v) is 12.2. The molecule has 0 unspecified atom stereocenters. The highest BCUT2D eigenvalue weighted by Gasteiger charge is 2.35. The van der Waals surface area contributed by atoms with Gasteiger partial charge < -0.3 is 14.8 Å². The summed E-state index contributed by atoms with van der Waals surface area (Å²) in [7, 11) is 1.51. The second-order valence-corrected chi connectivity index (χ2v) is 9.73. The average Bonchev–Trinajstić information content (AvgIpc) is 3.42. The van der Waals surface area contributed by atoms with E-state index in [1.165, 1.54) is 11.8 Å². The molecule has 37 heavy (non-hydrogen) atoms. The smallest absolute Gasteiger partial charge is 0.264 e. The maximum Gasteiger partial charge on any atom is 0.264 e. The largest absolute Gasteiger partial charge is 0.479 e. The third-order valence-electron chi connectivity index (χ3n) is 6.95. The molecule has 6 rings (SSSR count). The normalized spacial score (nSPS) is 21.4. The van der Waals surface area contributed by atoms with Crippen LogP contribution in [0.25, 0.3) is 27.7 Å². The van der Waals surface area contributed by atoms with Gasteiger partial charge in [0.15, 0.2) is 0 Å². The van der Waals surface area contributed by atoms with Gasteiger partial charge in [-0.3, -0.25) is 4.90 Å². The Morgan fingerprint density at radius 1 is 1.24 bits per heavy atom. The van der Waals surface area contributed by atoms with Crippen LogP contribution < -0.4 is 10.1 Å². The molecule has 2 aliphatic rings. The first kappa shape index (κ1) is 23.9. The number of rotatable bonds is 7. The van der Waals surface area contributed by atoms with Crippen LogP contribution in [0.4, 0.5) is 19.1 Å². The van der Waals surface area contributed by atoms with Gasteiger partial charge in [0.05, 0.1) is 37.9 Å². The number of halogens is 3. The number of nitrogens with one attached hydrogen (secondary N) is 1. The molecule has 2 saturated heterocycles. The molecular formula is C24H27F3N8O2. The fraction of sp³-hybridized carbons (Fsp3) is 0.500. The molecule has 196 valence electrons. The van der Waals surface area contributed by atoms with Crippen LogP contribution in [0.3, 0.4) is 0 Å². The molecule has 0 amide bonds. The van der Waals surface area contributed by atoms with Crippen molar-refractivity contribution in [2.24, 2.45) is 0 Å². The third kappa shape index (κ3) is 4.57. The van der Waals surface area contributed by atoms with Crippen LogP contribution in [0.2, 0.25) is 0 Å². The Kier molecular flexibility index (Phi) is 5.91. The number of likely N-dealkylation sites (tertiary alicyclic amines) is 1. The van der Waals surface area contributed by atoms with Crippen molar-refractivity contribution in [1.29, 1.82) is 0 Å². The third-order valence-corrected chi connectivity index (χ3v) is 6.95. The van der Waals surface area contributed by atoms with Crippen LogP contribution in [0.15, 0.2) is 30.5 Å². The van der Waals surface area contributed by atoms with Crippen LogP contribution in [-0.4, -0.2) is 92.1 Å². The van der Waals surface area contributed by atoms with Gasteiger partial charge in [-0.05, 0) is 30.2 Å². The number of aromatic nitrogens is 6. The number of alkyl halides is 3. The Bertz CT molecular complexity index is 1430. The van der Waals surface area contributed by atoms with Crippen LogP contribution in [0.5, 0.6) is 5.88 Å². The van der Waals surface area contributed by atoms with Gasteiger partial charge in [-0.2, -0.15) is 4.98 Å². The topological polar surface area (TPSA) is 94.6 Å². The van der Waals surface area contributed by atoms with E-state index < -0.39 is 24.7 Å². The minimum Gasteiger partial charge on any atom is -0.479 e. The molecule has 0 saturated carbocycles. The summed E-state index contributed by atoms with van der Waals surface area (Å²) in [5.74, 6) is -2.35. The summed E-state index contributed by atoms with van der Waals surface area (Å²) in [6, 6.07) is 7.06. The fourth-order valence-electron chi connectivity index (χ4n) is 4.96. The lowest BCUT2D eigenvalue weighted by Gasteiger charge is -2.42. The predicted octanol–water partition coefficient (Wildman–Crippen LogP) is 3.03. The Labute approximate surface area is 210 Å². The molecular weight excluding hydrogens is 489 g/mol. The molecule has 0 radical (unpaired) electrons. The standard InChI is InChI=1S/C24H27F3N8O2/c1-24(26,27)13-35-20-9-14(3-4-19(20)30-32-35)16-5-8-34-21(16)22(36-2)29-23(31-34)28-18-6-7-33(10-17(18)25)15-11-37-12-15/h3-5,8-9,15,17-18H,6-7,10-13H2,1-2H3,(H,28,31)/t17-,18+/m0/s1. The lowest BCUT2D eigenvalue weighted by molar-refractivity contribution is -0.0794. The summed E-state index contributed by atoms with van der Waals surface area (Å²) in [5, 5.41) is 15.6. The monoisotopic (exact) mass is 516 g/mol. The molecule has 2 atom stereocenters. The molecule has 5 heterocycles. The van der Waals surface area contributed by atoms with Crippen molar-refractivity contribution in [2.45, 2.75) is 44.1 Å². The zero-order chi connectivity index (χ0) is 25.7. The Balaban J connectivity index is 1.28. The molecule has 13 heteroatoms. The van der Waals surface area contributed by atoms with Crippen molar-refractivity contribution in [1.82, 2.24) is 34.5 Å². The summed E-state index contributed by atoms with van der Waals surface area (Å²) in [4.78, 5) is 6.65. The molecule has 0 bridgehead atoms. The summed E-state index contributed by atoms with van der Waals surface area (Å²) in [6.07, 6.45) is 1.31. The van der Waals surface area contributed by atoms with Crippen LogP contribution >= 0.6 is 0 Å². The number of piperidine rings is 1. The number of anilines is 1. The Hall–Kier alpha value is -3.45. The number of hydrogen-bond donors (Lipinski definition) is 1. The number of fused-ring (bicyclic) bond motifs is 2. The minimum atomic E-state index is -2.93. The van der Waals surface area contributed by atoms with Crippen molar-refractivity contribution in [3.05, 3.63) is 30.5 Å². The van der Waals surface area contributed by atoms with Gasteiger partial charge in [-0.1, -0.05) is 11.3 Å². The van der Waals surface area contributed by atoms with Crippen molar-refractivity contribution >= 4 is 22.5 Å². The summed E-state index contributed by atoms with van der Waals surface area (Å²) >= 11 is 0. The molecule has 1 aromatic carbocycles. The van der Waals surface area contributed by atoms with E-state index in [2.05, 4.69) is 30.6 Å². The van der Waals surface area contributed by atoms with Gasteiger partial charge >= 0.3 is 0 Å². The Morgan fingerprint density at radius 2 is 2.08 bits per heavy atom. The van der Waals surface area contributed by atoms with E-state index in [-0.39, 0.29) is 5.95 Å². The van der Waals surface area contributed by atoms with E-state index in [1.807, 2.05) is 12.1 Å².